The highest BCUT2D eigenvalue weighted by molar-refractivity contribution is 6.32. The molecule has 0 spiro atoms. The number of aromatic amines is 2. The highest BCUT2D eigenvalue weighted by Crippen LogP contribution is 2.31. The number of imidazole rings is 1. The van der Waals surface area contributed by atoms with Gasteiger partial charge in [-0.3, -0.25) is 4.98 Å². The van der Waals surface area contributed by atoms with Gasteiger partial charge in [-0.2, -0.15) is 19.6 Å². The lowest BCUT2D eigenvalue weighted by Crippen LogP contribution is -2.23. The lowest BCUT2D eigenvalue weighted by atomic mass is 10.3. The number of ether oxygens (including phenoxy) is 2. The number of aromatic nitrogens is 6. The monoisotopic (exact) mass is 441 g/mol. The first-order valence-corrected chi connectivity index (χ1v) is 9.72. The smallest absolute Gasteiger partial charge is 0.327 e. The van der Waals surface area contributed by atoms with Gasteiger partial charge in [-0.15, -0.1) is 0 Å². The van der Waals surface area contributed by atoms with Crippen molar-refractivity contribution >= 4 is 23.3 Å². The molecule has 0 bridgehead atoms. The van der Waals surface area contributed by atoms with Crippen LogP contribution in [-0.2, 0) is 0 Å². The number of hydrogen-bond donors (Lipinski definition) is 3. The Hall–Kier alpha value is -3.86. The van der Waals surface area contributed by atoms with Crippen molar-refractivity contribution in [1.82, 2.24) is 29.5 Å². The predicted molar refractivity (Wildman–Crippen MR) is 109 cm³/mol. The van der Waals surface area contributed by atoms with E-state index >= 15 is 0 Å². The van der Waals surface area contributed by atoms with Gasteiger partial charge in [0.25, 0.3) is 5.62 Å². The first-order chi connectivity index (χ1) is 15.0. The Labute approximate surface area is 178 Å². The Bertz CT molecular complexity index is 1470. The average molecular weight is 442 g/mol. The van der Waals surface area contributed by atoms with Crippen molar-refractivity contribution in [2.24, 2.45) is 4.99 Å². The normalized spacial score (nSPS) is 15.0. The molecule has 1 aliphatic rings. The Morgan fingerprint density at radius 1 is 1.32 bits per heavy atom. The van der Waals surface area contributed by atoms with Gasteiger partial charge in [0.2, 0.25) is 5.88 Å². The fourth-order valence-electron chi connectivity index (χ4n) is 2.90. The molecule has 12 heteroatoms. The molecule has 3 N–H and O–H groups in total. The van der Waals surface area contributed by atoms with Crippen molar-refractivity contribution in [3.8, 4) is 23.4 Å². The molecule has 4 aromatic rings. The topological polar surface area (TPSA) is 143 Å². The third-order valence-electron chi connectivity index (χ3n) is 4.58. The molecule has 1 saturated carbocycles. The average Bonchev–Trinajstić information content (AvgIpc) is 3.38. The van der Waals surface area contributed by atoms with Crippen molar-refractivity contribution in [1.29, 1.82) is 0 Å². The fourth-order valence-corrected chi connectivity index (χ4v) is 3.11. The number of nitrogens with zero attached hydrogens (tertiary/aromatic N) is 5. The van der Waals surface area contributed by atoms with Crippen LogP contribution in [0.2, 0.25) is 5.02 Å². The number of methoxy groups -OCH3 is 1. The Kier molecular flexibility index (Phi) is 4.59. The van der Waals surface area contributed by atoms with Gasteiger partial charge >= 0.3 is 11.7 Å². The van der Waals surface area contributed by atoms with Crippen LogP contribution < -0.4 is 26.0 Å². The molecular formula is C19H16ClN7O4. The number of benzene rings is 1. The van der Waals surface area contributed by atoms with Crippen LogP contribution in [-0.4, -0.2) is 47.8 Å². The van der Waals surface area contributed by atoms with E-state index in [1.165, 1.54) is 16.8 Å². The molecule has 158 valence electrons. The maximum atomic E-state index is 11.4. The molecule has 11 nitrogen and oxygen atoms in total. The zero-order valence-corrected chi connectivity index (χ0v) is 16.9. The van der Waals surface area contributed by atoms with Gasteiger partial charge in [0.05, 0.1) is 24.4 Å². The minimum atomic E-state index is -0.530. The predicted octanol–water partition coefficient (Wildman–Crippen LogP) is 0.911. The second-order valence-corrected chi connectivity index (χ2v) is 7.29. The highest BCUT2D eigenvalue weighted by Gasteiger charge is 2.21. The Morgan fingerprint density at radius 3 is 2.84 bits per heavy atom. The van der Waals surface area contributed by atoms with Crippen molar-refractivity contribution in [3.05, 3.63) is 56.4 Å². The highest BCUT2D eigenvalue weighted by atomic mass is 35.5. The number of rotatable bonds is 5. The molecule has 3 heterocycles. The number of H-pyrrole nitrogens is 2. The quantitative estimate of drug-likeness (QED) is 0.417. The van der Waals surface area contributed by atoms with Gasteiger partial charge in [-0.05, 0) is 31.1 Å². The molecule has 5 rings (SSSR count). The van der Waals surface area contributed by atoms with Crippen molar-refractivity contribution in [2.75, 3.05) is 7.11 Å². The SMILES string of the molecule is COc1ccc(Oc2nc(=NC3CC3)n3nc/c(=C/c4[nH]c(=O)[nH]c4O)c3n2)c(Cl)c1. The zero-order chi connectivity index (χ0) is 21.5. The zero-order valence-electron chi connectivity index (χ0n) is 16.2. The van der Waals surface area contributed by atoms with Gasteiger partial charge < -0.3 is 19.6 Å². The third kappa shape index (κ3) is 3.82. The molecule has 3 aromatic heterocycles. The van der Waals surface area contributed by atoms with Crippen LogP contribution in [0.15, 0.2) is 34.2 Å². The number of nitrogens with one attached hydrogen (secondary N) is 2. The Balaban J connectivity index is 1.65. The van der Waals surface area contributed by atoms with Gasteiger partial charge in [-0.1, -0.05) is 11.6 Å². The molecule has 1 aliphatic carbocycles. The second kappa shape index (κ2) is 7.43. The maximum Gasteiger partial charge on any atom is 0.327 e. The summed E-state index contributed by atoms with van der Waals surface area (Å²) in [4.78, 5) is 29.6. The number of aromatic hydroxyl groups is 1. The minimum Gasteiger partial charge on any atom is -0.497 e. The molecular weight excluding hydrogens is 426 g/mol. The molecule has 0 radical (unpaired) electrons. The summed E-state index contributed by atoms with van der Waals surface area (Å²) >= 11 is 6.27. The summed E-state index contributed by atoms with van der Waals surface area (Å²) in [7, 11) is 1.54. The van der Waals surface area contributed by atoms with Crippen molar-refractivity contribution in [2.45, 2.75) is 18.9 Å². The minimum absolute atomic E-state index is 0.0286. The number of halogens is 1. The number of hydrogen-bond acceptors (Lipinski definition) is 8. The van der Waals surface area contributed by atoms with E-state index in [-0.39, 0.29) is 23.6 Å². The largest absolute Gasteiger partial charge is 0.497 e. The van der Waals surface area contributed by atoms with Gasteiger partial charge in [0.15, 0.2) is 5.65 Å². The van der Waals surface area contributed by atoms with E-state index in [0.717, 1.165) is 12.8 Å². The first kappa shape index (κ1) is 19.1. The van der Waals surface area contributed by atoms with Gasteiger partial charge in [0.1, 0.15) is 17.2 Å². The van der Waals surface area contributed by atoms with Crippen molar-refractivity contribution < 1.29 is 14.6 Å². The van der Waals surface area contributed by atoms with Crippen LogP contribution in [0.4, 0.5) is 0 Å². The summed E-state index contributed by atoms with van der Waals surface area (Å²) in [6.45, 7) is 0. The summed E-state index contributed by atoms with van der Waals surface area (Å²) in [6, 6.07) is 5.18. The molecule has 1 fully saturated rings. The van der Waals surface area contributed by atoms with Crippen LogP contribution in [0.5, 0.6) is 23.4 Å². The standard InChI is InChI=1S/C19H16ClN7O4/c1-30-11-4-5-14(12(20)7-11)31-19-24-15-9(6-13-16(28)25-18(29)23-13)8-21-27(15)17(26-19)22-10-2-3-10/h4-8,10,28H,2-3H2,1H3,(H2,23,25,29)/b9-6-,22-17?. The summed E-state index contributed by atoms with van der Waals surface area (Å²) < 4.78 is 12.5. The second-order valence-electron chi connectivity index (χ2n) is 6.89. The van der Waals surface area contributed by atoms with E-state index in [4.69, 9.17) is 21.1 Å². The molecule has 31 heavy (non-hydrogen) atoms. The summed E-state index contributed by atoms with van der Waals surface area (Å²) in [5, 5.41) is 15.0. The molecule has 0 saturated heterocycles. The van der Waals surface area contributed by atoms with Crippen LogP contribution >= 0.6 is 11.6 Å². The van der Waals surface area contributed by atoms with Gasteiger partial charge in [0, 0.05) is 11.3 Å². The van der Waals surface area contributed by atoms with E-state index in [1.807, 2.05) is 0 Å². The lowest BCUT2D eigenvalue weighted by molar-refractivity contribution is 0.410. The van der Waals surface area contributed by atoms with E-state index in [2.05, 4.69) is 30.0 Å². The molecule has 0 unspecified atom stereocenters. The Morgan fingerprint density at radius 2 is 2.16 bits per heavy atom. The molecule has 0 amide bonds. The van der Waals surface area contributed by atoms with E-state index < -0.39 is 5.69 Å². The van der Waals surface area contributed by atoms with Gasteiger partial charge in [-0.25, -0.2) is 9.79 Å². The summed E-state index contributed by atoms with van der Waals surface area (Å²) in [6.07, 6.45) is 5.02. The fraction of sp³-hybridized carbons (Fsp3) is 0.211. The maximum absolute atomic E-state index is 11.4. The van der Waals surface area contributed by atoms with Crippen LogP contribution in [0, 0.1) is 0 Å². The molecule has 0 atom stereocenters. The molecule has 0 aliphatic heterocycles. The summed E-state index contributed by atoms with van der Waals surface area (Å²) in [5.74, 6) is 0.649. The first-order valence-electron chi connectivity index (χ1n) is 9.34. The van der Waals surface area contributed by atoms with Crippen molar-refractivity contribution in [3.63, 3.8) is 0 Å². The third-order valence-corrected chi connectivity index (χ3v) is 4.87. The molecule has 1 aromatic carbocycles. The van der Waals surface area contributed by atoms with Crippen LogP contribution in [0.1, 0.15) is 18.5 Å². The summed E-state index contributed by atoms with van der Waals surface area (Å²) in [5.41, 5.74) is 0.381. The van der Waals surface area contributed by atoms with Crippen LogP contribution in [0.3, 0.4) is 0 Å². The van der Waals surface area contributed by atoms with E-state index in [0.29, 0.717) is 33.0 Å². The number of fused-ring (bicyclic) bond motifs is 1. The van der Waals surface area contributed by atoms with E-state index in [1.54, 1.807) is 25.3 Å². The lowest BCUT2D eigenvalue weighted by Gasteiger charge is -2.07. The van der Waals surface area contributed by atoms with E-state index in [9.17, 15) is 9.90 Å². The van der Waals surface area contributed by atoms with Crippen LogP contribution in [0.25, 0.3) is 11.7 Å².